The fraction of sp³-hybridized carbons (Fsp3) is 0.348. The Kier molecular flexibility index (Phi) is 8.78. The van der Waals surface area contributed by atoms with Crippen molar-refractivity contribution in [2.45, 2.75) is 38.5 Å². The van der Waals surface area contributed by atoms with E-state index in [1.807, 2.05) is 6.20 Å². The number of hydroxylamine groups is 1. The van der Waals surface area contributed by atoms with Crippen LogP contribution in [0.4, 0.5) is 0 Å². The molecule has 4 N–H and O–H groups in total. The van der Waals surface area contributed by atoms with Crippen molar-refractivity contribution in [2.24, 2.45) is 0 Å². The highest BCUT2D eigenvalue weighted by Crippen LogP contribution is 2.24. The van der Waals surface area contributed by atoms with Crippen LogP contribution in [0.15, 0.2) is 54.7 Å². The van der Waals surface area contributed by atoms with E-state index in [4.69, 9.17) is 5.21 Å². The number of nitrogens with one attached hydrogen (secondary N) is 2. The minimum atomic E-state index is -2.00. The Labute approximate surface area is 184 Å². The molecule has 0 aliphatic carbocycles. The molecule has 1 unspecified atom stereocenters. The summed E-state index contributed by atoms with van der Waals surface area (Å²) in [6.45, 7) is 1.04. The van der Waals surface area contributed by atoms with Gasteiger partial charge >= 0.3 is 0 Å². The van der Waals surface area contributed by atoms with Crippen molar-refractivity contribution >= 4 is 28.1 Å². The van der Waals surface area contributed by atoms with Crippen LogP contribution in [0.3, 0.4) is 0 Å². The number of hydrogen-bond donors (Lipinski definition) is 4. The fourth-order valence-corrected chi connectivity index (χ4v) is 4.13. The SMILES string of the molecule is O=C(CCCCCCN(CCc1ccc(-c2ccc3[nH]ccc3c2)cc1)S(=O)O)NO. The Bertz CT molecular complexity index is 1000. The van der Waals surface area contributed by atoms with Crippen molar-refractivity contribution in [1.82, 2.24) is 14.8 Å². The van der Waals surface area contributed by atoms with Gasteiger partial charge in [-0.2, -0.15) is 0 Å². The number of amides is 1. The number of carbonyl (C=O) groups excluding carboxylic acids is 1. The molecule has 8 heteroatoms. The summed E-state index contributed by atoms with van der Waals surface area (Å²) in [4.78, 5) is 14.2. The lowest BCUT2D eigenvalue weighted by atomic mass is 10.0. The number of fused-ring (bicyclic) bond motifs is 1. The zero-order chi connectivity index (χ0) is 22.1. The van der Waals surface area contributed by atoms with Crippen molar-refractivity contribution in [1.29, 1.82) is 0 Å². The number of aromatic amines is 1. The molecule has 0 bridgehead atoms. The monoisotopic (exact) mass is 443 g/mol. The van der Waals surface area contributed by atoms with E-state index in [1.54, 1.807) is 9.79 Å². The third-order valence-electron chi connectivity index (χ3n) is 5.40. The third kappa shape index (κ3) is 7.00. The summed E-state index contributed by atoms with van der Waals surface area (Å²) in [5, 5.41) is 9.64. The van der Waals surface area contributed by atoms with Gasteiger partial charge in [-0.05, 0) is 59.5 Å². The van der Waals surface area contributed by atoms with Crippen LogP contribution in [-0.2, 0) is 22.5 Å². The van der Waals surface area contributed by atoms with E-state index in [9.17, 15) is 13.6 Å². The molecule has 1 aromatic heterocycles. The zero-order valence-corrected chi connectivity index (χ0v) is 18.2. The molecule has 0 fully saturated rings. The van der Waals surface area contributed by atoms with E-state index < -0.39 is 11.3 Å². The quantitative estimate of drug-likeness (QED) is 0.145. The van der Waals surface area contributed by atoms with Gasteiger partial charge in [0.25, 0.3) is 0 Å². The molecule has 0 saturated heterocycles. The number of nitrogens with zero attached hydrogens (tertiary/aromatic N) is 1. The van der Waals surface area contributed by atoms with E-state index in [-0.39, 0.29) is 5.91 Å². The Morgan fingerprint density at radius 1 is 0.968 bits per heavy atom. The summed E-state index contributed by atoms with van der Waals surface area (Å²) in [6, 6.07) is 16.7. The molecule has 0 saturated carbocycles. The van der Waals surface area contributed by atoms with E-state index in [0.717, 1.165) is 41.5 Å². The van der Waals surface area contributed by atoms with Crippen molar-refractivity contribution in [3.05, 3.63) is 60.3 Å². The Morgan fingerprint density at radius 2 is 1.71 bits per heavy atom. The highest BCUT2D eigenvalue weighted by molar-refractivity contribution is 7.76. The molecule has 2 aromatic carbocycles. The maximum Gasteiger partial charge on any atom is 0.243 e. The first-order valence-corrected chi connectivity index (χ1v) is 11.6. The molecule has 1 heterocycles. The first kappa shape index (κ1) is 23.1. The number of unbranched alkanes of at least 4 members (excludes halogenated alkanes) is 3. The van der Waals surface area contributed by atoms with Crippen molar-refractivity contribution < 1.29 is 18.8 Å². The van der Waals surface area contributed by atoms with Gasteiger partial charge in [0.15, 0.2) is 0 Å². The van der Waals surface area contributed by atoms with Crippen molar-refractivity contribution in [3.63, 3.8) is 0 Å². The lowest BCUT2D eigenvalue weighted by Crippen LogP contribution is -2.29. The second-order valence-electron chi connectivity index (χ2n) is 7.59. The summed E-state index contributed by atoms with van der Waals surface area (Å²) >= 11 is -2.00. The molecule has 7 nitrogen and oxygen atoms in total. The third-order valence-corrected chi connectivity index (χ3v) is 6.20. The normalized spacial score (nSPS) is 12.4. The van der Waals surface area contributed by atoms with Gasteiger partial charge in [0, 0.05) is 31.2 Å². The molecule has 31 heavy (non-hydrogen) atoms. The first-order chi connectivity index (χ1) is 15.1. The van der Waals surface area contributed by atoms with Crippen LogP contribution in [0, 0.1) is 0 Å². The standard InChI is InChI=1S/C23H29N3O4S/c27-23(25-28)5-3-1-2-4-15-26(31(29)30)16-13-18-6-8-19(9-7-18)20-10-11-22-21(17-20)12-14-24-22/h6-12,14,17,24,28H,1-5,13,15-16H2,(H,25,27)(H,29,30). The minimum Gasteiger partial charge on any atom is -0.361 e. The molecular weight excluding hydrogens is 414 g/mol. The van der Waals surface area contributed by atoms with Gasteiger partial charge in [0.1, 0.15) is 0 Å². The van der Waals surface area contributed by atoms with Crippen LogP contribution in [-0.4, -0.2) is 42.3 Å². The minimum absolute atomic E-state index is 0.293. The molecule has 0 aliphatic rings. The summed E-state index contributed by atoms with van der Waals surface area (Å²) in [6.07, 6.45) is 6.11. The van der Waals surface area contributed by atoms with Crippen LogP contribution in [0.25, 0.3) is 22.0 Å². The second-order valence-corrected chi connectivity index (χ2v) is 8.56. The molecule has 3 rings (SSSR count). The predicted molar refractivity (Wildman–Crippen MR) is 123 cm³/mol. The van der Waals surface area contributed by atoms with Gasteiger partial charge in [0.05, 0.1) is 0 Å². The lowest BCUT2D eigenvalue weighted by molar-refractivity contribution is -0.129. The van der Waals surface area contributed by atoms with Crippen molar-refractivity contribution in [2.75, 3.05) is 13.1 Å². The number of benzene rings is 2. The Balaban J connectivity index is 1.45. The highest BCUT2D eigenvalue weighted by atomic mass is 32.2. The number of rotatable bonds is 12. The molecule has 1 amide bonds. The molecule has 0 radical (unpaired) electrons. The first-order valence-electron chi connectivity index (χ1n) is 10.5. The number of hydrogen-bond acceptors (Lipinski definition) is 3. The summed E-state index contributed by atoms with van der Waals surface area (Å²) in [5.41, 5.74) is 6.16. The fourth-order valence-electron chi connectivity index (χ4n) is 3.60. The van der Waals surface area contributed by atoms with Gasteiger partial charge in [0.2, 0.25) is 17.2 Å². The van der Waals surface area contributed by atoms with Gasteiger partial charge < -0.3 is 4.98 Å². The second kappa shape index (κ2) is 11.8. The smallest absolute Gasteiger partial charge is 0.243 e. The summed E-state index contributed by atoms with van der Waals surface area (Å²) in [7, 11) is 0. The van der Waals surface area contributed by atoms with Gasteiger partial charge in [-0.15, -0.1) is 0 Å². The van der Waals surface area contributed by atoms with E-state index in [0.29, 0.717) is 32.4 Å². The molecular formula is C23H29N3O4S. The average molecular weight is 444 g/mol. The van der Waals surface area contributed by atoms with Crippen LogP contribution in [0.1, 0.15) is 37.7 Å². The summed E-state index contributed by atoms with van der Waals surface area (Å²) < 4.78 is 22.8. The van der Waals surface area contributed by atoms with Crippen LogP contribution >= 0.6 is 0 Å². The van der Waals surface area contributed by atoms with Crippen LogP contribution < -0.4 is 5.48 Å². The maximum atomic E-state index is 11.6. The number of aromatic nitrogens is 1. The Hall–Kier alpha value is -2.52. The predicted octanol–water partition coefficient (Wildman–Crippen LogP) is 4.27. The molecule has 0 spiro atoms. The average Bonchev–Trinajstić information content (AvgIpc) is 3.26. The molecule has 0 aliphatic heterocycles. The van der Waals surface area contributed by atoms with E-state index >= 15 is 0 Å². The Morgan fingerprint density at radius 3 is 2.45 bits per heavy atom. The van der Waals surface area contributed by atoms with Gasteiger partial charge in [-0.3, -0.25) is 14.6 Å². The topological polar surface area (TPSA) is 106 Å². The van der Waals surface area contributed by atoms with E-state index in [1.165, 1.54) is 5.39 Å². The molecule has 166 valence electrons. The largest absolute Gasteiger partial charge is 0.361 e. The summed E-state index contributed by atoms with van der Waals surface area (Å²) in [5.74, 6) is -0.380. The highest BCUT2D eigenvalue weighted by Gasteiger charge is 2.11. The zero-order valence-electron chi connectivity index (χ0n) is 17.4. The molecule has 3 aromatic rings. The lowest BCUT2D eigenvalue weighted by Gasteiger charge is -2.17. The van der Waals surface area contributed by atoms with Gasteiger partial charge in [-0.25, -0.2) is 14.0 Å². The number of H-pyrrole nitrogens is 1. The molecule has 1 atom stereocenters. The van der Waals surface area contributed by atoms with E-state index in [2.05, 4.69) is 53.5 Å². The van der Waals surface area contributed by atoms with Crippen molar-refractivity contribution in [3.8, 4) is 11.1 Å². The van der Waals surface area contributed by atoms with Crippen LogP contribution in [0.2, 0.25) is 0 Å². The van der Waals surface area contributed by atoms with Gasteiger partial charge in [-0.1, -0.05) is 43.2 Å². The maximum absolute atomic E-state index is 11.6. The number of carbonyl (C=O) groups is 1. The van der Waals surface area contributed by atoms with Crippen LogP contribution in [0.5, 0.6) is 0 Å².